The standard InChI is InChI=1S/C13H22N2O2S/c1-3-4-5-6-7-8-9-14-13-15-11(10-18-13)12(16)17-2/h10H,3-9H2,1-2H3,(H,14,15). The topological polar surface area (TPSA) is 51.2 Å². The zero-order valence-electron chi connectivity index (χ0n) is 11.2. The Balaban J connectivity index is 2.12. The van der Waals surface area contributed by atoms with Gasteiger partial charge < -0.3 is 10.1 Å². The van der Waals surface area contributed by atoms with Crippen molar-refractivity contribution in [3.05, 3.63) is 11.1 Å². The maximum atomic E-state index is 11.2. The number of unbranched alkanes of at least 4 members (excludes halogenated alkanes) is 5. The van der Waals surface area contributed by atoms with Crippen molar-refractivity contribution in [2.24, 2.45) is 0 Å². The summed E-state index contributed by atoms with van der Waals surface area (Å²) in [6.07, 6.45) is 7.66. The Bertz CT molecular complexity index is 353. The van der Waals surface area contributed by atoms with E-state index in [-0.39, 0.29) is 5.97 Å². The zero-order chi connectivity index (χ0) is 13.2. The van der Waals surface area contributed by atoms with Gasteiger partial charge >= 0.3 is 5.97 Å². The van der Waals surface area contributed by atoms with E-state index in [1.807, 2.05) is 0 Å². The van der Waals surface area contributed by atoms with Gasteiger partial charge in [0.15, 0.2) is 10.8 Å². The molecule has 0 aliphatic carbocycles. The number of nitrogens with one attached hydrogen (secondary N) is 1. The number of methoxy groups -OCH3 is 1. The zero-order valence-corrected chi connectivity index (χ0v) is 12.0. The van der Waals surface area contributed by atoms with E-state index in [2.05, 4.69) is 22.0 Å². The predicted molar refractivity (Wildman–Crippen MR) is 75.3 cm³/mol. The molecule has 1 N–H and O–H groups in total. The Kier molecular flexibility index (Phi) is 7.41. The molecule has 1 aromatic rings. The number of anilines is 1. The van der Waals surface area contributed by atoms with Crippen molar-refractivity contribution in [3.8, 4) is 0 Å². The third-order valence-corrected chi connectivity index (χ3v) is 3.51. The van der Waals surface area contributed by atoms with Gasteiger partial charge in [-0.3, -0.25) is 0 Å². The van der Waals surface area contributed by atoms with Crippen LogP contribution in [0.4, 0.5) is 5.13 Å². The fraction of sp³-hybridized carbons (Fsp3) is 0.692. The third kappa shape index (κ3) is 5.49. The van der Waals surface area contributed by atoms with E-state index in [1.165, 1.54) is 50.6 Å². The number of carbonyl (C=O) groups is 1. The van der Waals surface area contributed by atoms with Gasteiger partial charge in [0.25, 0.3) is 0 Å². The SMILES string of the molecule is CCCCCCCCNc1nc(C(=O)OC)cs1. The van der Waals surface area contributed by atoms with Crippen LogP contribution in [0, 0.1) is 0 Å². The van der Waals surface area contributed by atoms with Crippen LogP contribution in [0.1, 0.15) is 55.9 Å². The predicted octanol–water partition coefficient (Wildman–Crippen LogP) is 3.70. The molecular weight excluding hydrogens is 248 g/mol. The molecule has 1 heterocycles. The molecule has 0 radical (unpaired) electrons. The van der Waals surface area contributed by atoms with E-state index in [0.717, 1.165) is 18.1 Å². The van der Waals surface area contributed by atoms with Crippen molar-refractivity contribution < 1.29 is 9.53 Å². The quantitative estimate of drug-likeness (QED) is 0.549. The van der Waals surface area contributed by atoms with Gasteiger partial charge in [0.1, 0.15) is 0 Å². The van der Waals surface area contributed by atoms with E-state index in [4.69, 9.17) is 0 Å². The molecule has 0 saturated carbocycles. The number of aromatic nitrogens is 1. The minimum Gasteiger partial charge on any atom is -0.464 e. The Morgan fingerprint density at radius 1 is 1.33 bits per heavy atom. The number of rotatable bonds is 9. The molecule has 18 heavy (non-hydrogen) atoms. The van der Waals surface area contributed by atoms with Gasteiger partial charge in [0, 0.05) is 11.9 Å². The number of hydrogen-bond donors (Lipinski definition) is 1. The minimum atomic E-state index is -0.376. The van der Waals surface area contributed by atoms with Gasteiger partial charge in [-0.1, -0.05) is 39.0 Å². The van der Waals surface area contributed by atoms with E-state index < -0.39 is 0 Å². The van der Waals surface area contributed by atoms with Gasteiger partial charge in [-0.15, -0.1) is 11.3 Å². The molecule has 102 valence electrons. The highest BCUT2D eigenvalue weighted by Crippen LogP contribution is 2.16. The fourth-order valence-corrected chi connectivity index (χ4v) is 2.36. The lowest BCUT2D eigenvalue weighted by molar-refractivity contribution is 0.0595. The Labute approximate surface area is 113 Å². The number of ether oxygens (including phenoxy) is 1. The number of esters is 1. The van der Waals surface area contributed by atoms with Gasteiger partial charge in [-0.2, -0.15) is 0 Å². The molecule has 0 aliphatic rings. The monoisotopic (exact) mass is 270 g/mol. The van der Waals surface area contributed by atoms with Crippen LogP contribution in [-0.2, 0) is 4.74 Å². The number of thiazole rings is 1. The molecular formula is C13H22N2O2S. The molecule has 0 unspecified atom stereocenters. The first-order valence-electron chi connectivity index (χ1n) is 6.55. The summed E-state index contributed by atoms with van der Waals surface area (Å²) in [4.78, 5) is 15.4. The van der Waals surface area contributed by atoms with Crippen LogP contribution in [0.3, 0.4) is 0 Å². The second-order valence-corrected chi connectivity index (χ2v) is 5.08. The van der Waals surface area contributed by atoms with Gasteiger partial charge in [0.05, 0.1) is 7.11 Å². The van der Waals surface area contributed by atoms with Crippen LogP contribution in [0.25, 0.3) is 0 Å². The van der Waals surface area contributed by atoms with Gasteiger partial charge in [-0.05, 0) is 6.42 Å². The molecule has 4 nitrogen and oxygen atoms in total. The lowest BCUT2D eigenvalue weighted by Gasteiger charge is -2.02. The van der Waals surface area contributed by atoms with Gasteiger partial charge in [-0.25, -0.2) is 9.78 Å². The summed E-state index contributed by atoms with van der Waals surface area (Å²) in [5, 5.41) is 5.75. The van der Waals surface area contributed by atoms with E-state index in [9.17, 15) is 4.79 Å². The second-order valence-electron chi connectivity index (χ2n) is 4.22. The third-order valence-electron chi connectivity index (χ3n) is 2.71. The van der Waals surface area contributed by atoms with Crippen molar-refractivity contribution in [1.82, 2.24) is 4.98 Å². The molecule has 0 atom stereocenters. The largest absolute Gasteiger partial charge is 0.464 e. The first-order chi connectivity index (χ1) is 8.77. The average molecular weight is 270 g/mol. The molecule has 1 aromatic heterocycles. The number of nitrogens with zero attached hydrogens (tertiary/aromatic N) is 1. The van der Waals surface area contributed by atoms with E-state index in [1.54, 1.807) is 5.38 Å². The van der Waals surface area contributed by atoms with E-state index in [0.29, 0.717) is 5.69 Å². The molecule has 0 aromatic carbocycles. The lowest BCUT2D eigenvalue weighted by Crippen LogP contribution is -2.04. The van der Waals surface area contributed by atoms with Crippen molar-refractivity contribution in [2.45, 2.75) is 45.4 Å². The van der Waals surface area contributed by atoms with Crippen LogP contribution >= 0.6 is 11.3 Å². The van der Waals surface area contributed by atoms with Crippen molar-refractivity contribution in [1.29, 1.82) is 0 Å². The Morgan fingerprint density at radius 3 is 2.78 bits per heavy atom. The maximum absolute atomic E-state index is 11.2. The molecule has 0 amide bonds. The number of carbonyl (C=O) groups excluding carboxylic acids is 1. The summed E-state index contributed by atoms with van der Waals surface area (Å²) in [6, 6.07) is 0. The van der Waals surface area contributed by atoms with Crippen LogP contribution in [-0.4, -0.2) is 24.6 Å². The number of hydrogen-bond acceptors (Lipinski definition) is 5. The minimum absolute atomic E-state index is 0.376. The molecule has 0 fully saturated rings. The smallest absolute Gasteiger partial charge is 0.357 e. The Morgan fingerprint density at radius 2 is 2.06 bits per heavy atom. The molecule has 0 bridgehead atoms. The first-order valence-corrected chi connectivity index (χ1v) is 7.43. The van der Waals surface area contributed by atoms with Crippen LogP contribution < -0.4 is 5.32 Å². The molecule has 5 heteroatoms. The average Bonchev–Trinajstić information content (AvgIpc) is 2.85. The highest BCUT2D eigenvalue weighted by Gasteiger charge is 2.09. The van der Waals surface area contributed by atoms with Crippen LogP contribution in [0.5, 0.6) is 0 Å². The summed E-state index contributed by atoms with van der Waals surface area (Å²) in [5.74, 6) is -0.376. The van der Waals surface area contributed by atoms with Crippen molar-refractivity contribution in [3.63, 3.8) is 0 Å². The summed E-state index contributed by atoms with van der Waals surface area (Å²) in [7, 11) is 1.37. The van der Waals surface area contributed by atoms with E-state index >= 15 is 0 Å². The molecule has 0 saturated heterocycles. The summed E-state index contributed by atoms with van der Waals surface area (Å²) >= 11 is 1.44. The van der Waals surface area contributed by atoms with Gasteiger partial charge in [0.2, 0.25) is 0 Å². The Hall–Kier alpha value is -1.10. The van der Waals surface area contributed by atoms with Crippen LogP contribution in [0.2, 0.25) is 0 Å². The lowest BCUT2D eigenvalue weighted by atomic mass is 10.1. The summed E-state index contributed by atoms with van der Waals surface area (Å²) < 4.78 is 4.61. The first kappa shape index (κ1) is 15.0. The molecule has 1 rings (SSSR count). The normalized spacial score (nSPS) is 10.3. The van der Waals surface area contributed by atoms with Crippen LogP contribution in [0.15, 0.2) is 5.38 Å². The summed E-state index contributed by atoms with van der Waals surface area (Å²) in [6.45, 7) is 3.14. The maximum Gasteiger partial charge on any atom is 0.357 e. The molecule has 0 spiro atoms. The fourth-order valence-electron chi connectivity index (χ4n) is 1.65. The highest BCUT2D eigenvalue weighted by atomic mass is 32.1. The van der Waals surface area contributed by atoms with Crippen molar-refractivity contribution in [2.75, 3.05) is 19.0 Å². The second kappa shape index (κ2) is 8.91. The van der Waals surface area contributed by atoms with Crippen molar-refractivity contribution >= 4 is 22.4 Å². The molecule has 0 aliphatic heterocycles. The summed E-state index contributed by atoms with van der Waals surface area (Å²) in [5.41, 5.74) is 0.382. The highest BCUT2D eigenvalue weighted by molar-refractivity contribution is 7.13.